The lowest BCUT2D eigenvalue weighted by Crippen LogP contribution is -2.30. The van der Waals surface area contributed by atoms with Gasteiger partial charge in [-0.15, -0.1) is 0 Å². The quantitative estimate of drug-likeness (QED) is 0.217. The molecular formula is C24H22N4O4S. The number of unbranched alkanes of at least 4 members (excludes halogenated alkanes) is 1. The monoisotopic (exact) mass is 462 g/mol. The summed E-state index contributed by atoms with van der Waals surface area (Å²) < 4.78 is 27.3. The van der Waals surface area contributed by atoms with Crippen molar-refractivity contribution in [1.29, 1.82) is 0 Å². The van der Waals surface area contributed by atoms with Crippen LogP contribution in [0.15, 0.2) is 88.9 Å². The molecule has 0 unspecified atom stereocenters. The van der Waals surface area contributed by atoms with Crippen LogP contribution in [0, 0.1) is 0 Å². The second-order valence-corrected chi connectivity index (χ2v) is 9.05. The fraction of sp³-hybridized carbons (Fsp3) is 0.125. The number of nitrogens with zero attached hydrogens (tertiary/aromatic N) is 2. The highest BCUT2D eigenvalue weighted by molar-refractivity contribution is 7.92. The van der Waals surface area contributed by atoms with Crippen molar-refractivity contribution in [3.8, 4) is 0 Å². The molecule has 4 rings (SSSR count). The summed E-state index contributed by atoms with van der Waals surface area (Å²) in [5.74, 6) is -0.512. The molecule has 3 aromatic carbocycles. The van der Waals surface area contributed by atoms with Crippen molar-refractivity contribution >= 4 is 39.4 Å². The zero-order valence-electron chi connectivity index (χ0n) is 17.6. The maximum Gasteiger partial charge on any atom is 0.261 e. The molecule has 0 saturated carbocycles. The number of sulfonamides is 1. The first-order valence-corrected chi connectivity index (χ1v) is 11.8. The Bertz CT molecular complexity index is 1250. The second kappa shape index (κ2) is 9.66. The Hall–Kier alpha value is -3.98. The summed E-state index contributed by atoms with van der Waals surface area (Å²) in [6.07, 6.45) is 2.84. The van der Waals surface area contributed by atoms with Crippen LogP contribution in [-0.4, -0.2) is 37.9 Å². The number of anilines is 2. The third-order valence-electron chi connectivity index (χ3n) is 5.07. The van der Waals surface area contributed by atoms with E-state index in [1.165, 1.54) is 17.0 Å². The molecule has 3 aromatic rings. The van der Waals surface area contributed by atoms with Crippen molar-refractivity contribution in [2.45, 2.75) is 17.7 Å². The van der Waals surface area contributed by atoms with Gasteiger partial charge in [0, 0.05) is 18.4 Å². The smallest absolute Gasteiger partial charge is 0.261 e. The number of hydrazone groups is 1. The SMILES string of the molecule is O=C1c2ccccc2C(=O)N1CCCC=NNc1ccc(NS(=O)(=O)c2ccccc2)cc1. The van der Waals surface area contributed by atoms with Crippen molar-refractivity contribution in [3.05, 3.63) is 90.0 Å². The Kier molecular flexibility index (Phi) is 6.50. The molecule has 2 amide bonds. The Morgan fingerprint density at radius 3 is 2.00 bits per heavy atom. The molecule has 1 aliphatic rings. The van der Waals surface area contributed by atoms with Crippen LogP contribution in [-0.2, 0) is 10.0 Å². The minimum Gasteiger partial charge on any atom is -0.280 e. The van der Waals surface area contributed by atoms with Crippen molar-refractivity contribution in [2.75, 3.05) is 16.7 Å². The largest absolute Gasteiger partial charge is 0.280 e. The Labute approximate surface area is 192 Å². The van der Waals surface area contributed by atoms with Crippen molar-refractivity contribution < 1.29 is 18.0 Å². The van der Waals surface area contributed by atoms with Gasteiger partial charge in [0.1, 0.15) is 0 Å². The van der Waals surface area contributed by atoms with Crippen molar-refractivity contribution in [1.82, 2.24) is 4.90 Å². The molecule has 0 saturated heterocycles. The standard InChI is InChI=1S/C24H22N4O4S/c29-23-21-10-4-5-11-22(21)24(30)28(23)17-7-6-16-25-26-18-12-14-19(15-13-18)27-33(31,32)20-8-2-1-3-9-20/h1-5,8-16,26-27H,6-7,17H2. The fourth-order valence-electron chi connectivity index (χ4n) is 3.39. The lowest BCUT2D eigenvalue weighted by atomic mass is 10.1. The number of hydrogen-bond acceptors (Lipinski definition) is 6. The zero-order valence-corrected chi connectivity index (χ0v) is 18.5. The fourth-order valence-corrected chi connectivity index (χ4v) is 4.47. The first-order valence-electron chi connectivity index (χ1n) is 10.4. The average molecular weight is 463 g/mol. The van der Waals surface area contributed by atoms with Crippen molar-refractivity contribution in [2.24, 2.45) is 5.10 Å². The maximum atomic E-state index is 12.4. The molecule has 0 bridgehead atoms. The molecule has 168 valence electrons. The van der Waals surface area contributed by atoms with Crippen LogP contribution in [0.25, 0.3) is 0 Å². The number of hydrogen-bond donors (Lipinski definition) is 2. The third kappa shape index (κ3) is 5.09. The van der Waals surface area contributed by atoms with E-state index < -0.39 is 10.0 Å². The van der Waals surface area contributed by atoms with Gasteiger partial charge in [0.15, 0.2) is 0 Å². The Morgan fingerprint density at radius 2 is 1.36 bits per heavy atom. The Morgan fingerprint density at radius 1 is 0.788 bits per heavy atom. The molecule has 1 aliphatic heterocycles. The molecule has 33 heavy (non-hydrogen) atoms. The first kappa shape index (κ1) is 22.2. The highest BCUT2D eigenvalue weighted by Crippen LogP contribution is 2.22. The summed E-state index contributed by atoms with van der Waals surface area (Å²) in [4.78, 5) is 26.1. The van der Waals surface area contributed by atoms with Crippen LogP contribution >= 0.6 is 0 Å². The van der Waals surface area contributed by atoms with Gasteiger partial charge in [-0.05, 0) is 61.4 Å². The topological polar surface area (TPSA) is 108 Å². The van der Waals surface area contributed by atoms with Gasteiger partial charge in [0.2, 0.25) is 0 Å². The van der Waals surface area contributed by atoms with E-state index in [4.69, 9.17) is 0 Å². The van der Waals surface area contributed by atoms with Gasteiger partial charge in [0.05, 0.1) is 21.7 Å². The summed E-state index contributed by atoms with van der Waals surface area (Å²) >= 11 is 0. The number of amides is 2. The van der Waals surface area contributed by atoms with Crippen LogP contribution in [0.1, 0.15) is 33.6 Å². The van der Waals surface area contributed by atoms with E-state index in [2.05, 4.69) is 15.2 Å². The van der Waals surface area contributed by atoms with Gasteiger partial charge in [-0.1, -0.05) is 30.3 Å². The summed E-state index contributed by atoms with van der Waals surface area (Å²) in [5.41, 5.74) is 4.90. The molecule has 1 heterocycles. The number of carbonyl (C=O) groups excluding carboxylic acids is 2. The van der Waals surface area contributed by atoms with E-state index in [9.17, 15) is 18.0 Å². The van der Waals surface area contributed by atoms with Gasteiger partial charge in [-0.25, -0.2) is 8.42 Å². The summed E-state index contributed by atoms with van der Waals surface area (Å²) in [6, 6.07) is 21.7. The van der Waals surface area contributed by atoms with E-state index in [0.717, 1.165) is 0 Å². The highest BCUT2D eigenvalue weighted by atomic mass is 32.2. The maximum absolute atomic E-state index is 12.4. The first-order chi connectivity index (χ1) is 16.0. The number of imide groups is 1. The van der Waals surface area contributed by atoms with E-state index in [1.807, 2.05) is 0 Å². The molecule has 0 aromatic heterocycles. The van der Waals surface area contributed by atoms with Crippen LogP contribution in [0.3, 0.4) is 0 Å². The molecule has 0 spiro atoms. The molecular weight excluding hydrogens is 440 g/mol. The number of nitrogens with one attached hydrogen (secondary N) is 2. The number of benzene rings is 3. The lowest BCUT2D eigenvalue weighted by Gasteiger charge is -2.12. The predicted octanol–water partition coefficient (Wildman–Crippen LogP) is 3.96. The van der Waals surface area contributed by atoms with Crippen molar-refractivity contribution in [3.63, 3.8) is 0 Å². The Balaban J connectivity index is 1.23. The molecule has 9 heteroatoms. The van der Waals surface area contributed by atoms with Crippen LogP contribution < -0.4 is 10.1 Å². The van der Waals surface area contributed by atoms with E-state index in [0.29, 0.717) is 41.9 Å². The molecule has 0 aliphatic carbocycles. The van der Waals surface area contributed by atoms with Crippen LogP contribution in [0.4, 0.5) is 11.4 Å². The van der Waals surface area contributed by atoms with Gasteiger partial charge >= 0.3 is 0 Å². The highest BCUT2D eigenvalue weighted by Gasteiger charge is 2.34. The van der Waals surface area contributed by atoms with Gasteiger partial charge in [-0.2, -0.15) is 5.10 Å². The minimum atomic E-state index is -3.64. The minimum absolute atomic E-state index is 0.193. The number of rotatable bonds is 9. The number of carbonyl (C=O) groups is 2. The third-order valence-corrected chi connectivity index (χ3v) is 6.47. The molecule has 2 N–H and O–H groups in total. The molecule has 8 nitrogen and oxygen atoms in total. The molecule has 0 radical (unpaired) electrons. The lowest BCUT2D eigenvalue weighted by molar-refractivity contribution is 0.0653. The van der Waals surface area contributed by atoms with E-state index >= 15 is 0 Å². The van der Waals surface area contributed by atoms with E-state index in [-0.39, 0.29) is 16.7 Å². The van der Waals surface area contributed by atoms with E-state index in [1.54, 1.807) is 72.9 Å². The van der Waals surface area contributed by atoms with Gasteiger partial charge < -0.3 is 0 Å². The van der Waals surface area contributed by atoms with Gasteiger partial charge in [-0.3, -0.25) is 24.6 Å². The predicted molar refractivity (Wildman–Crippen MR) is 127 cm³/mol. The zero-order chi connectivity index (χ0) is 23.3. The van der Waals surface area contributed by atoms with Crippen LogP contribution in [0.5, 0.6) is 0 Å². The average Bonchev–Trinajstić information content (AvgIpc) is 3.07. The van der Waals surface area contributed by atoms with Gasteiger partial charge in [0.25, 0.3) is 21.8 Å². The second-order valence-electron chi connectivity index (χ2n) is 7.37. The summed E-state index contributed by atoms with van der Waals surface area (Å²) in [7, 11) is -3.64. The number of fused-ring (bicyclic) bond motifs is 1. The van der Waals surface area contributed by atoms with Crippen LogP contribution in [0.2, 0.25) is 0 Å². The summed E-state index contributed by atoms with van der Waals surface area (Å²) in [6.45, 7) is 0.328. The normalized spacial score (nSPS) is 13.4. The molecule has 0 atom stereocenters. The molecule has 0 fully saturated rings. The summed E-state index contributed by atoms with van der Waals surface area (Å²) in [5, 5.41) is 4.13.